The molecule has 7 nitrogen and oxygen atoms in total. The summed E-state index contributed by atoms with van der Waals surface area (Å²) < 4.78 is 1.96. The minimum atomic E-state index is 0.477. The average molecular weight is 365 g/mol. The van der Waals surface area contributed by atoms with Gasteiger partial charge in [-0.05, 0) is 37.6 Å². The molecule has 142 valence electrons. The molecule has 2 aromatic heterocycles. The number of para-hydroxylation sites is 1. The van der Waals surface area contributed by atoms with Gasteiger partial charge in [0.2, 0.25) is 0 Å². The number of anilines is 1. The summed E-state index contributed by atoms with van der Waals surface area (Å²) in [6, 6.07) is 16.3. The van der Waals surface area contributed by atoms with Crippen molar-refractivity contribution in [2.45, 2.75) is 19.9 Å². The molecule has 3 aromatic rings. The molecule has 0 atom stereocenters. The first-order valence-corrected chi connectivity index (χ1v) is 9.35. The van der Waals surface area contributed by atoms with Crippen LogP contribution in [0.15, 0.2) is 59.7 Å². The second-order valence-electron chi connectivity index (χ2n) is 6.28. The molecule has 0 aliphatic heterocycles. The number of nitrogens with one attached hydrogen (secondary N) is 2. The van der Waals surface area contributed by atoms with Gasteiger partial charge in [0.1, 0.15) is 6.54 Å². The summed E-state index contributed by atoms with van der Waals surface area (Å²) in [5, 5.41) is 15.1. The second kappa shape index (κ2) is 9.56. The van der Waals surface area contributed by atoms with E-state index in [0.29, 0.717) is 6.54 Å². The van der Waals surface area contributed by atoms with Crippen LogP contribution in [0.4, 0.5) is 5.69 Å². The van der Waals surface area contributed by atoms with E-state index in [9.17, 15) is 0 Å². The van der Waals surface area contributed by atoms with Crippen molar-refractivity contribution >= 4 is 17.3 Å². The molecule has 0 amide bonds. The standard InChI is InChI=1S/C20H27N7/c1-3-21-20(22-13-9-14-26(2)17-10-5-4-6-11-17)23-16-19-25-24-18-12-7-8-15-27(18)19/h4-8,10-12,15H,3,9,13-14,16H2,1-2H3,(H2,21,22,23). The van der Waals surface area contributed by atoms with Crippen molar-refractivity contribution in [3.63, 3.8) is 0 Å². The predicted octanol–water partition coefficient (Wildman–Crippen LogP) is 2.31. The molecule has 0 saturated heterocycles. The van der Waals surface area contributed by atoms with Gasteiger partial charge in [-0.15, -0.1) is 10.2 Å². The Morgan fingerprint density at radius 2 is 1.89 bits per heavy atom. The summed E-state index contributed by atoms with van der Waals surface area (Å²) >= 11 is 0. The molecule has 0 fully saturated rings. The topological polar surface area (TPSA) is 69.8 Å². The number of benzene rings is 1. The molecule has 0 aliphatic rings. The Hall–Kier alpha value is -3.09. The first kappa shape index (κ1) is 18.7. The van der Waals surface area contributed by atoms with Crippen molar-refractivity contribution in [3.05, 3.63) is 60.6 Å². The molecule has 1 aromatic carbocycles. The van der Waals surface area contributed by atoms with E-state index in [2.05, 4.69) is 69.0 Å². The molecule has 7 heteroatoms. The Labute approximate surface area is 160 Å². The molecular formula is C20H27N7. The normalized spacial score (nSPS) is 11.6. The smallest absolute Gasteiger partial charge is 0.191 e. The first-order valence-electron chi connectivity index (χ1n) is 9.35. The zero-order valence-electron chi connectivity index (χ0n) is 16.0. The van der Waals surface area contributed by atoms with Gasteiger partial charge in [0.25, 0.3) is 0 Å². The molecule has 2 N–H and O–H groups in total. The van der Waals surface area contributed by atoms with Crippen LogP contribution >= 0.6 is 0 Å². The zero-order valence-corrected chi connectivity index (χ0v) is 16.0. The maximum absolute atomic E-state index is 4.64. The van der Waals surface area contributed by atoms with Crippen LogP contribution in [0.3, 0.4) is 0 Å². The highest BCUT2D eigenvalue weighted by Gasteiger charge is 2.05. The zero-order chi connectivity index (χ0) is 18.9. The van der Waals surface area contributed by atoms with E-state index in [0.717, 1.165) is 43.5 Å². The maximum Gasteiger partial charge on any atom is 0.191 e. The van der Waals surface area contributed by atoms with Crippen molar-refractivity contribution in [2.75, 3.05) is 31.6 Å². The fraction of sp³-hybridized carbons (Fsp3) is 0.350. The molecule has 2 heterocycles. The van der Waals surface area contributed by atoms with E-state index in [-0.39, 0.29) is 0 Å². The molecule has 0 spiro atoms. The summed E-state index contributed by atoms with van der Waals surface area (Å²) in [4.78, 5) is 6.90. The van der Waals surface area contributed by atoms with E-state index in [1.807, 2.05) is 34.9 Å². The summed E-state index contributed by atoms with van der Waals surface area (Å²) in [6.07, 6.45) is 2.98. The lowest BCUT2D eigenvalue weighted by Crippen LogP contribution is -2.38. The summed E-state index contributed by atoms with van der Waals surface area (Å²) in [6.45, 7) is 5.18. The minimum Gasteiger partial charge on any atom is -0.375 e. The summed E-state index contributed by atoms with van der Waals surface area (Å²) in [5.74, 6) is 1.62. The van der Waals surface area contributed by atoms with Gasteiger partial charge in [-0.3, -0.25) is 4.40 Å². The highest BCUT2D eigenvalue weighted by atomic mass is 15.3. The highest BCUT2D eigenvalue weighted by molar-refractivity contribution is 5.79. The van der Waals surface area contributed by atoms with Gasteiger partial charge >= 0.3 is 0 Å². The van der Waals surface area contributed by atoms with E-state index in [4.69, 9.17) is 0 Å². The molecule has 0 aliphatic carbocycles. The molecule has 0 radical (unpaired) electrons. The van der Waals surface area contributed by atoms with E-state index in [1.165, 1.54) is 5.69 Å². The molecule has 3 rings (SSSR count). The maximum atomic E-state index is 4.64. The Morgan fingerprint density at radius 1 is 1.07 bits per heavy atom. The number of aromatic nitrogens is 3. The number of aliphatic imine (C=N–C) groups is 1. The number of pyridine rings is 1. The summed E-state index contributed by atoms with van der Waals surface area (Å²) in [5.41, 5.74) is 2.07. The summed E-state index contributed by atoms with van der Waals surface area (Å²) in [7, 11) is 2.12. The number of rotatable bonds is 8. The SMILES string of the molecule is CCNC(=NCc1nnc2ccccn12)NCCCN(C)c1ccccc1. The van der Waals surface area contributed by atoms with Gasteiger partial charge in [0.15, 0.2) is 17.4 Å². The predicted molar refractivity (Wildman–Crippen MR) is 110 cm³/mol. The van der Waals surface area contributed by atoms with Gasteiger partial charge in [-0.1, -0.05) is 24.3 Å². The lowest BCUT2D eigenvalue weighted by Gasteiger charge is -2.19. The van der Waals surface area contributed by atoms with Gasteiger partial charge < -0.3 is 15.5 Å². The first-order chi connectivity index (χ1) is 13.3. The van der Waals surface area contributed by atoms with Gasteiger partial charge in [0.05, 0.1) is 0 Å². The number of fused-ring (bicyclic) bond motifs is 1. The Bertz CT molecular complexity index is 857. The highest BCUT2D eigenvalue weighted by Crippen LogP contribution is 2.10. The van der Waals surface area contributed by atoms with Gasteiger partial charge in [-0.25, -0.2) is 4.99 Å². The fourth-order valence-corrected chi connectivity index (χ4v) is 2.82. The Kier molecular flexibility index (Phi) is 6.62. The van der Waals surface area contributed by atoms with Gasteiger partial charge in [0, 0.05) is 38.6 Å². The van der Waals surface area contributed by atoms with Crippen molar-refractivity contribution in [1.29, 1.82) is 0 Å². The number of nitrogens with zero attached hydrogens (tertiary/aromatic N) is 5. The van der Waals surface area contributed by atoms with Crippen LogP contribution in [0, 0.1) is 0 Å². The Morgan fingerprint density at radius 3 is 2.70 bits per heavy atom. The third-order valence-electron chi connectivity index (χ3n) is 4.27. The molecule has 0 bridgehead atoms. The minimum absolute atomic E-state index is 0.477. The average Bonchev–Trinajstić information content (AvgIpc) is 3.13. The lowest BCUT2D eigenvalue weighted by molar-refractivity contribution is 0.728. The van der Waals surface area contributed by atoms with Crippen LogP contribution in [0.1, 0.15) is 19.2 Å². The van der Waals surface area contributed by atoms with Crippen molar-refractivity contribution < 1.29 is 0 Å². The molecule has 0 saturated carbocycles. The Balaban J connectivity index is 1.50. The monoisotopic (exact) mass is 365 g/mol. The van der Waals surface area contributed by atoms with Crippen LogP contribution in [0.2, 0.25) is 0 Å². The van der Waals surface area contributed by atoms with E-state index >= 15 is 0 Å². The third-order valence-corrected chi connectivity index (χ3v) is 4.27. The third kappa shape index (κ3) is 5.20. The largest absolute Gasteiger partial charge is 0.375 e. The van der Waals surface area contributed by atoms with Crippen LogP contribution < -0.4 is 15.5 Å². The number of hydrogen-bond donors (Lipinski definition) is 2. The van der Waals surface area contributed by atoms with Crippen molar-refractivity contribution in [3.8, 4) is 0 Å². The van der Waals surface area contributed by atoms with Crippen LogP contribution in [-0.2, 0) is 6.54 Å². The van der Waals surface area contributed by atoms with Crippen LogP contribution in [0.25, 0.3) is 5.65 Å². The number of hydrogen-bond acceptors (Lipinski definition) is 4. The quantitative estimate of drug-likeness (QED) is 0.364. The molecule has 27 heavy (non-hydrogen) atoms. The number of guanidine groups is 1. The van der Waals surface area contributed by atoms with E-state index < -0.39 is 0 Å². The van der Waals surface area contributed by atoms with Gasteiger partial charge in [-0.2, -0.15) is 0 Å². The second-order valence-corrected chi connectivity index (χ2v) is 6.28. The lowest BCUT2D eigenvalue weighted by atomic mass is 10.3. The van der Waals surface area contributed by atoms with Crippen LogP contribution in [0.5, 0.6) is 0 Å². The van der Waals surface area contributed by atoms with Crippen molar-refractivity contribution in [1.82, 2.24) is 25.2 Å². The fourth-order valence-electron chi connectivity index (χ4n) is 2.82. The van der Waals surface area contributed by atoms with E-state index in [1.54, 1.807) is 0 Å². The molecule has 0 unspecified atom stereocenters. The van der Waals surface area contributed by atoms with Crippen LogP contribution in [-0.4, -0.2) is 47.2 Å². The molecular weight excluding hydrogens is 338 g/mol. The van der Waals surface area contributed by atoms with Crippen molar-refractivity contribution in [2.24, 2.45) is 4.99 Å².